The molecule has 0 unspecified atom stereocenters. The summed E-state index contributed by atoms with van der Waals surface area (Å²) in [7, 11) is -1.38. The zero-order chi connectivity index (χ0) is 20.1. The van der Waals surface area contributed by atoms with Crippen molar-refractivity contribution in [2.75, 3.05) is 51.8 Å². The van der Waals surface area contributed by atoms with E-state index in [-0.39, 0.29) is 17.8 Å². The van der Waals surface area contributed by atoms with Crippen LogP contribution in [0.5, 0.6) is 11.5 Å². The number of piperazine rings is 1. The van der Waals surface area contributed by atoms with Gasteiger partial charge in [-0.1, -0.05) is 0 Å². The summed E-state index contributed by atoms with van der Waals surface area (Å²) in [4.78, 5) is 16.8. The van der Waals surface area contributed by atoms with E-state index in [1.54, 1.807) is 19.2 Å². The van der Waals surface area contributed by atoms with Crippen LogP contribution >= 0.6 is 0 Å². The fourth-order valence-electron chi connectivity index (χ4n) is 3.74. The summed E-state index contributed by atoms with van der Waals surface area (Å²) in [6.45, 7) is 3.06. The number of carbonyl (C=O) groups is 1. The Balaban J connectivity index is 1.58. The highest BCUT2D eigenvalue weighted by atomic mass is 32.2. The Morgan fingerprint density at radius 2 is 1.79 bits per heavy atom. The quantitative estimate of drug-likeness (QED) is 0.683. The molecule has 0 radical (unpaired) electrons. The molecule has 1 aliphatic heterocycles. The number of amides is 1. The maximum absolute atomic E-state index is 12.9. The minimum atomic E-state index is -2.96. The summed E-state index contributed by atoms with van der Waals surface area (Å²) in [5, 5.41) is 0. The average Bonchev–Trinajstić information content (AvgIpc) is 3.19. The van der Waals surface area contributed by atoms with Crippen LogP contribution in [0, 0.1) is 0 Å². The van der Waals surface area contributed by atoms with Gasteiger partial charge in [0, 0.05) is 44.5 Å². The number of benzene rings is 1. The van der Waals surface area contributed by atoms with Crippen molar-refractivity contribution in [1.82, 2.24) is 9.80 Å². The molecule has 0 aromatic heterocycles. The standard InChI is InChI=1S/C20H30N2O5S/c1-26-19-15-16(7-8-18(19)27-17-5-3-4-6-17)20(23)22-11-9-21(10-12-22)13-14-28(2,24)25/h7-8,15,17H,3-6,9-14H2,1-2H3. The first kappa shape index (κ1) is 20.9. The molecular weight excluding hydrogens is 380 g/mol. The molecule has 28 heavy (non-hydrogen) atoms. The van der Waals surface area contributed by atoms with Crippen LogP contribution in [0.25, 0.3) is 0 Å². The lowest BCUT2D eigenvalue weighted by Gasteiger charge is -2.34. The zero-order valence-corrected chi connectivity index (χ0v) is 17.5. The second-order valence-corrected chi connectivity index (χ2v) is 9.91. The third-order valence-electron chi connectivity index (χ3n) is 5.44. The molecule has 0 spiro atoms. The van der Waals surface area contributed by atoms with E-state index in [0.717, 1.165) is 12.8 Å². The van der Waals surface area contributed by atoms with Gasteiger partial charge in [0.25, 0.3) is 5.91 Å². The number of carbonyl (C=O) groups excluding carboxylic acids is 1. The van der Waals surface area contributed by atoms with Crippen LogP contribution in [0.15, 0.2) is 18.2 Å². The third-order valence-corrected chi connectivity index (χ3v) is 6.37. The predicted octanol–water partition coefficient (Wildman–Crippen LogP) is 1.82. The molecule has 1 heterocycles. The molecule has 1 saturated carbocycles. The number of methoxy groups -OCH3 is 1. The Hall–Kier alpha value is -1.80. The molecule has 0 N–H and O–H groups in total. The van der Waals surface area contributed by atoms with E-state index in [9.17, 15) is 13.2 Å². The fourth-order valence-corrected chi connectivity index (χ4v) is 4.33. The molecule has 8 heteroatoms. The van der Waals surface area contributed by atoms with E-state index >= 15 is 0 Å². The van der Waals surface area contributed by atoms with Crippen molar-refractivity contribution in [3.8, 4) is 11.5 Å². The van der Waals surface area contributed by atoms with Gasteiger partial charge in [-0.3, -0.25) is 9.69 Å². The third kappa shape index (κ3) is 5.61. The van der Waals surface area contributed by atoms with Crippen LogP contribution in [0.2, 0.25) is 0 Å². The van der Waals surface area contributed by atoms with Gasteiger partial charge in [0.2, 0.25) is 0 Å². The van der Waals surface area contributed by atoms with Gasteiger partial charge in [0.05, 0.1) is 19.0 Å². The summed E-state index contributed by atoms with van der Waals surface area (Å²) < 4.78 is 34.1. The van der Waals surface area contributed by atoms with Crippen molar-refractivity contribution in [2.45, 2.75) is 31.8 Å². The molecule has 1 aliphatic carbocycles. The van der Waals surface area contributed by atoms with Crippen molar-refractivity contribution in [2.24, 2.45) is 0 Å². The minimum Gasteiger partial charge on any atom is -0.493 e. The summed E-state index contributed by atoms with van der Waals surface area (Å²) in [6, 6.07) is 5.38. The number of hydrogen-bond donors (Lipinski definition) is 0. The molecule has 3 rings (SSSR count). The number of sulfone groups is 1. The SMILES string of the molecule is COc1cc(C(=O)N2CCN(CCS(C)(=O)=O)CC2)ccc1OC1CCCC1. The highest BCUT2D eigenvalue weighted by Gasteiger charge is 2.24. The van der Waals surface area contributed by atoms with Gasteiger partial charge in [-0.05, 0) is 43.9 Å². The van der Waals surface area contributed by atoms with Crippen molar-refractivity contribution in [3.05, 3.63) is 23.8 Å². The lowest BCUT2D eigenvalue weighted by atomic mass is 10.1. The molecule has 1 saturated heterocycles. The Labute approximate surface area is 167 Å². The van der Waals surface area contributed by atoms with Crippen molar-refractivity contribution >= 4 is 15.7 Å². The van der Waals surface area contributed by atoms with Gasteiger partial charge in [-0.15, -0.1) is 0 Å². The van der Waals surface area contributed by atoms with Gasteiger partial charge in [-0.25, -0.2) is 8.42 Å². The van der Waals surface area contributed by atoms with Crippen LogP contribution in [0.3, 0.4) is 0 Å². The Morgan fingerprint density at radius 1 is 1.11 bits per heavy atom. The Kier molecular flexibility index (Phi) is 6.82. The second-order valence-electron chi connectivity index (χ2n) is 7.65. The van der Waals surface area contributed by atoms with Crippen LogP contribution in [0.4, 0.5) is 0 Å². The van der Waals surface area contributed by atoms with Gasteiger partial charge >= 0.3 is 0 Å². The molecule has 0 bridgehead atoms. The lowest BCUT2D eigenvalue weighted by molar-refractivity contribution is 0.0643. The monoisotopic (exact) mass is 410 g/mol. The van der Waals surface area contributed by atoms with Gasteiger partial charge in [0.15, 0.2) is 11.5 Å². The normalized spacial score (nSPS) is 19.0. The summed E-state index contributed by atoms with van der Waals surface area (Å²) in [5.41, 5.74) is 0.584. The first-order valence-electron chi connectivity index (χ1n) is 9.90. The van der Waals surface area contributed by atoms with Crippen molar-refractivity contribution in [3.63, 3.8) is 0 Å². The molecule has 2 fully saturated rings. The minimum absolute atomic E-state index is 0.0338. The zero-order valence-electron chi connectivity index (χ0n) is 16.7. The second kappa shape index (κ2) is 9.13. The predicted molar refractivity (Wildman–Crippen MR) is 108 cm³/mol. The molecule has 1 amide bonds. The number of hydrogen-bond acceptors (Lipinski definition) is 6. The molecule has 7 nitrogen and oxygen atoms in total. The van der Waals surface area contributed by atoms with E-state index in [0.29, 0.717) is 49.8 Å². The van der Waals surface area contributed by atoms with E-state index in [2.05, 4.69) is 4.90 Å². The maximum Gasteiger partial charge on any atom is 0.254 e. The van der Waals surface area contributed by atoms with Gasteiger partial charge in [-0.2, -0.15) is 0 Å². The highest BCUT2D eigenvalue weighted by Crippen LogP contribution is 2.32. The van der Waals surface area contributed by atoms with Crippen molar-refractivity contribution in [1.29, 1.82) is 0 Å². The van der Waals surface area contributed by atoms with Crippen LogP contribution in [-0.4, -0.2) is 82.1 Å². The first-order chi connectivity index (χ1) is 13.4. The molecule has 2 aliphatic rings. The summed E-state index contributed by atoms with van der Waals surface area (Å²) in [6.07, 6.45) is 6.00. The number of nitrogens with zero attached hydrogens (tertiary/aromatic N) is 2. The van der Waals surface area contributed by atoms with Gasteiger partial charge < -0.3 is 14.4 Å². The largest absolute Gasteiger partial charge is 0.493 e. The first-order valence-corrected chi connectivity index (χ1v) is 12.0. The number of rotatable bonds is 7. The van der Waals surface area contributed by atoms with Crippen molar-refractivity contribution < 1.29 is 22.7 Å². The average molecular weight is 411 g/mol. The maximum atomic E-state index is 12.9. The van der Waals surface area contributed by atoms with Gasteiger partial charge in [0.1, 0.15) is 9.84 Å². The molecular formula is C20H30N2O5S. The lowest BCUT2D eigenvalue weighted by Crippen LogP contribution is -2.49. The fraction of sp³-hybridized carbons (Fsp3) is 0.650. The van der Waals surface area contributed by atoms with E-state index in [4.69, 9.17) is 9.47 Å². The topological polar surface area (TPSA) is 76.2 Å². The Morgan fingerprint density at radius 3 is 2.39 bits per heavy atom. The molecule has 0 atom stereocenters. The van der Waals surface area contributed by atoms with Crippen LogP contribution < -0.4 is 9.47 Å². The summed E-state index contributed by atoms with van der Waals surface area (Å²) in [5.74, 6) is 1.40. The molecule has 1 aromatic rings. The summed E-state index contributed by atoms with van der Waals surface area (Å²) >= 11 is 0. The molecule has 1 aromatic carbocycles. The smallest absolute Gasteiger partial charge is 0.254 e. The Bertz CT molecular complexity index is 782. The van der Waals surface area contributed by atoms with Crippen LogP contribution in [0.1, 0.15) is 36.0 Å². The van der Waals surface area contributed by atoms with E-state index < -0.39 is 9.84 Å². The van der Waals surface area contributed by atoms with E-state index in [1.807, 2.05) is 11.0 Å². The van der Waals surface area contributed by atoms with Crippen LogP contribution in [-0.2, 0) is 9.84 Å². The van der Waals surface area contributed by atoms with E-state index in [1.165, 1.54) is 19.1 Å². The highest BCUT2D eigenvalue weighted by molar-refractivity contribution is 7.90. The molecule has 156 valence electrons. The number of ether oxygens (including phenoxy) is 2.